The molecule has 0 amide bonds. The van der Waals surface area contributed by atoms with Crippen LogP contribution in [0.4, 0.5) is 11.6 Å². The fourth-order valence-electron chi connectivity index (χ4n) is 2.54. The van der Waals surface area contributed by atoms with Crippen LogP contribution in [0.25, 0.3) is 0 Å². The summed E-state index contributed by atoms with van der Waals surface area (Å²) < 4.78 is 5.16. The van der Waals surface area contributed by atoms with Crippen LogP contribution >= 0.6 is 0 Å². The Bertz CT molecular complexity index is 426. The van der Waals surface area contributed by atoms with E-state index in [1.807, 2.05) is 6.07 Å². The molecule has 1 heterocycles. The third kappa shape index (κ3) is 3.60. The number of ether oxygens (including phenoxy) is 1. The molecule has 1 aromatic heterocycles. The Labute approximate surface area is 121 Å². The van der Waals surface area contributed by atoms with Gasteiger partial charge >= 0.3 is 0 Å². The lowest BCUT2D eigenvalue weighted by Gasteiger charge is -2.42. The van der Waals surface area contributed by atoms with Gasteiger partial charge in [-0.15, -0.1) is 0 Å². The smallest absolute Gasteiger partial charge is 0.158 e. The highest BCUT2D eigenvalue weighted by atomic mass is 16.5. The van der Waals surface area contributed by atoms with Crippen LogP contribution in [0.5, 0.6) is 0 Å². The van der Waals surface area contributed by atoms with Crippen molar-refractivity contribution in [2.45, 2.75) is 58.1 Å². The number of nitrogens with one attached hydrogen (secondary N) is 2. The summed E-state index contributed by atoms with van der Waals surface area (Å²) in [6.07, 6.45) is 5.97. The standard InChI is InChI=1S/C15H26N4O/c1-4-9-16-12-10-13(18-14(17-12)11-20-3)19-15(5-2)7-6-8-15/h10H,4-9,11H2,1-3H3,(H2,16,17,18,19). The van der Waals surface area contributed by atoms with Gasteiger partial charge < -0.3 is 15.4 Å². The second kappa shape index (κ2) is 6.88. The van der Waals surface area contributed by atoms with Gasteiger partial charge in [0, 0.05) is 25.3 Å². The molecule has 1 saturated carbocycles. The lowest BCUT2D eigenvalue weighted by atomic mass is 9.75. The van der Waals surface area contributed by atoms with Gasteiger partial charge in [0.2, 0.25) is 0 Å². The molecular weight excluding hydrogens is 252 g/mol. The summed E-state index contributed by atoms with van der Waals surface area (Å²) in [6, 6.07) is 2.00. The first-order valence-electron chi connectivity index (χ1n) is 7.60. The van der Waals surface area contributed by atoms with Gasteiger partial charge in [0.15, 0.2) is 5.82 Å². The third-order valence-electron chi connectivity index (χ3n) is 3.98. The Balaban J connectivity index is 2.15. The van der Waals surface area contributed by atoms with E-state index >= 15 is 0 Å². The molecule has 2 N–H and O–H groups in total. The zero-order chi connectivity index (χ0) is 14.4. The maximum atomic E-state index is 5.16. The third-order valence-corrected chi connectivity index (χ3v) is 3.98. The Morgan fingerprint density at radius 3 is 2.55 bits per heavy atom. The van der Waals surface area contributed by atoms with Crippen molar-refractivity contribution in [2.24, 2.45) is 0 Å². The molecule has 1 fully saturated rings. The molecule has 2 rings (SSSR count). The van der Waals surface area contributed by atoms with Crippen LogP contribution in [0, 0.1) is 0 Å². The average molecular weight is 278 g/mol. The molecule has 1 aliphatic rings. The monoisotopic (exact) mass is 278 g/mol. The summed E-state index contributed by atoms with van der Waals surface area (Å²) in [5, 5.41) is 6.94. The number of methoxy groups -OCH3 is 1. The normalized spacial score (nSPS) is 16.6. The van der Waals surface area contributed by atoms with E-state index in [2.05, 4.69) is 34.4 Å². The van der Waals surface area contributed by atoms with Crippen LogP contribution in [0.15, 0.2) is 6.07 Å². The first-order valence-corrected chi connectivity index (χ1v) is 7.60. The SMILES string of the molecule is CCCNc1cc(NC2(CC)CCC2)nc(COC)n1. The molecule has 0 atom stereocenters. The Morgan fingerprint density at radius 2 is 2.00 bits per heavy atom. The zero-order valence-corrected chi connectivity index (χ0v) is 12.8. The molecular formula is C15H26N4O. The van der Waals surface area contributed by atoms with Crippen molar-refractivity contribution in [3.05, 3.63) is 11.9 Å². The molecule has 0 aromatic carbocycles. The van der Waals surface area contributed by atoms with Crippen LogP contribution in [0.3, 0.4) is 0 Å². The minimum Gasteiger partial charge on any atom is -0.377 e. The number of anilines is 2. The second-order valence-corrected chi connectivity index (χ2v) is 5.53. The summed E-state index contributed by atoms with van der Waals surface area (Å²) in [7, 11) is 1.67. The molecule has 0 bridgehead atoms. The lowest BCUT2D eigenvalue weighted by molar-refractivity contribution is 0.178. The molecule has 1 aliphatic carbocycles. The first kappa shape index (κ1) is 15.0. The van der Waals surface area contributed by atoms with Crippen LogP contribution < -0.4 is 10.6 Å². The van der Waals surface area contributed by atoms with E-state index in [0.29, 0.717) is 6.61 Å². The van der Waals surface area contributed by atoms with Crippen molar-refractivity contribution in [1.29, 1.82) is 0 Å². The van der Waals surface area contributed by atoms with E-state index < -0.39 is 0 Å². The highest BCUT2D eigenvalue weighted by Gasteiger charge is 2.35. The van der Waals surface area contributed by atoms with Crippen LogP contribution in [-0.4, -0.2) is 29.2 Å². The van der Waals surface area contributed by atoms with Gasteiger partial charge in [0.05, 0.1) is 0 Å². The summed E-state index contributed by atoms with van der Waals surface area (Å²) in [5.41, 5.74) is 0.237. The summed E-state index contributed by atoms with van der Waals surface area (Å²) in [5.74, 6) is 2.51. The van der Waals surface area contributed by atoms with E-state index in [-0.39, 0.29) is 5.54 Å². The summed E-state index contributed by atoms with van der Waals surface area (Å²) >= 11 is 0. The van der Waals surface area contributed by atoms with Crippen LogP contribution in [-0.2, 0) is 11.3 Å². The van der Waals surface area contributed by atoms with Gasteiger partial charge in [-0.2, -0.15) is 0 Å². The topological polar surface area (TPSA) is 59.1 Å². The Hall–Kier alpha value is -1.36. The molecule has 112 valence electrons. The second-order valence-electron chi connectivity index (χ2n) is 5.53. The van der Waals surface area contributed by atoms with Gasteiger partial charge in [-0.1, -0.05) is 13.8 Å². The number of hydrogen-bond donors (Lipinski definition) is 2. The quantitative estimate of drug-likeness (QED) is 0.764. The number of rotatable bonds is 8. The number of hydrogen-bond acceptors (Lipinski definition) is 5. The van der Waals surface area contributed by atoms with Crippen molar-refractivity contribution in [1.82, 2.24) is 9.97 Å². The molecule has 0 spiro atoms. The molecule has 0 radical (unpaired) electrons. The maximum Gasteiger partial charge on any atom is 0.158 e. The van der Waals surface area contributed by atoms with Crippen molar-refractivity contribution < 1.29 is 4.74 Å². The highest BCUT2D eigenvalue weighted by Crippen LogP contribution is 2.37. The molecule has 5 nitrogen and oxygen atoms in total. The molecule has 1 aromatic rings. The van der Waals surface area contributed by atoms with Gasteiger partial charge in [-0.05, 0) is 32.1 Å². The van der Waals surface area contributed by atoms with Crippen LogP contribution in [0.2, 0.25) is 0 Å². The van der Waals surface area contributed by atoms with E-state index in [0.717, 1.165) is 36.8 Å². The maximum absolute atomic E-state index is 5.16. The van der Waals surface area contributed by atoms with Crippen LogP contribution in [0.1, 0.15) is 51.8 Å². The predicted octanol–water partition coefficient (Wildman–Crippen LogP) is 3.19. The Morgan fingerprint density at radius 1 is 1.25 bits per heavy atom. The predicted molar refractivity (Wildman–Crippen MR) is 82.0 cm³/mol. The van der Waals surface area contributed by atoms with E-state index in [9.17, 15) is 0 Å². The van der Waals surface area contributed by atoms with E-state index in [1.165, 1.54) is 19.3 Å². The van der Waals surface area contributed by atoms with Gasteiger partial charge in [0.25, 0.3) is 0 Å². The lowest BCUT2D eigenvalue weighted by Crippen LogP contribution is -2.44. The fraction of sp³-hybridized carbons (Fsp3) is 0.733. The summed E-state index contributed by atoms with van der Waals surface area (Å²) in [6.45, 7) is 5.74. The minimum atomic E-state index is 0.237. The summed E-state index contributed by atoms with van der Waals surface area (Å²) in [4.78, 5) is 9.03. The number of aromatic nitrogens is 2. The van der Waals surface area contributed by atoms with Gasteiger partial charge in [-0.3, -0.25) is 0 Å². The van der Waals surface area contributed by atoms with Crippen molar-refractivity contribution >= 4 is 11.6 Å². The molecule has 20 heavy (non-hydrogen) atoms. The first-order chi connectivity index (χ1) is 9.71. The minimum absolute atomic E-state index is 0.237. The largest absolute Gasteiger partial charge is 0.377 e. The average Bonchev–Trinajstić information content (AvgIpc) is 2.41. The van der Waals surface area contributed by atoms with Crippen molar-refractivity contribution in [3.63, 3.8) is 0 Å². The fourth-order valence-corrected chi connectivity index (χ4v) is 2.54. The number of nitrogens with zero attached hydrogens (tertiary/aromatic N) is 2. The van der Waals surface area contributed by atoms with Crippen molar-refractivity contribution in [2.75, 3.05) is 24.3 Å². The molecule has 0 unspecified atom stereocenters. The van der Waals surface area contributed by atoms with E-state index in [4.69, 9.17) is 4.74 Å². The zero-order valence-electron chi connectivity index (χ0n) is 12.8. The van der Waals surface area contributed by atoms with Crippen molar-refractivity contribution in [3.8, 4) is 0 Å². The molecule has 0 aliphatic heterocycles. The van der Waals surface area contributed by atoms with E-state index in [1.54, 1.807) is 7.11 Å². The molecule has 5 heteroatoms. The molecule has 0 saturated heterocycles. The van der Waals surface area contributed by atoms with Gasteiger partial charge in [-0.25, -0.2) is 9.97 Å². The Kier molecular flexibility index (Phi) is 5.17. The van der Waals surface area contributed by atoms with Gasteiger partial charge in [0.1, 0.15) is 18.2 Å². The highest BCUT2D eigenvalue weighted by molar-refractivity contribution is 5.49.